The molecule has 6 nitrogen and oxygen atoms in total. The van der Waals surface area contributed by atoms with E-state index in [9.17, 15) is 9.59 Å². The fraction of sp³-hybridized carbons (Fsp3) is 0.500. The summed E-state index contributed by atoms with van der Waals surface area (Å²) in [5.74, 6) is 0.874. The molecule has 1 aromatic carbocycles. The summed E-state index contributed by atoms with van der Waals surface area (Å²) in [6, 6.07) is 5.43. The minimum atomic E-state index is -0.202. The van der Waals surface area contributed by atoms with Gasteiger partial charge in [-0.1, -0.05) is 12.8 Å². The van der Waals surface area contributed by atoms with Gasteiger partial charge in [0.25, 0.3) is 5.56 Å². The highest BCUT2D eigenvalue weighted by Crippen LogP contribution is 2.20. The molecule has 1 fully saturated rings. The van der Waals surface area contributed by atoms with Crippen LogP contribution in [0.3, 0.4) is 0 Å². The van der Waals surface area contributed by atoms with Gasteiger partial charge in [-0.25, -0.2) is 9.78 Å². The Morgan fingerprint density at radius 2 is 2.00 bits per heavy atom. The predicted octanol–water partition coefficient (Wildman–Crippen LogP) is 2.80. The summed E-state index contributed by atoms with van der Waals surface area (Å²) in [7, 11) is 0. The summed E-state index contributed by atoms with van der Waals surface area (Å²) in [6.45, 7) is 0.733. The molecule has 6 heteroatoms. The fourth-order valence-electron chi connectivity index (χ4n) is 3.74. The van der Waals surface area contributed by atoms with Gasteiger partial charge in [0.1, 0.15) is 5.82 Å². The van der Waals surface area contributed by atoms with Crippen molar-refractivity contribution in [2.45, 2.75) is 57.5 Å². The number of rotatable bonds is 2. The first-order chi connectivity index (χ1) is 11.7. The van der Waals surface area contributed by atoms with Crippen LogP contribution < -0.4 is 16.2 Å². The second-order valence-electron chi connectivity index (χ2n) is 6.75. The van der Waals surface area contributed by atoms with Gasteiger partial charge in [-0.2, -0.15) is 0 Å². The van der Waals surface area contributed by atoms with Crippen LogP contribution >= 0.6 is 0 Å². The van der Waals surface area contributed by atoms with Crippen molar-refractivity contribution in [3.63, 3.8) is 0 Å². The maximum Gasteiger partial charge on any atom is 0.319 e. The van der Waals surface area contributed by atoms with Crippen molar-refractivity contribution in [1.82, 2.24) is 14.9 Å². The van der Waals surface area contributed by atoms with Gasteiger partial charge in [0.15, 0.2) is 0 Å². The summed E-state index contributed by atoms with van der Waals surface area (Å²) >= 11 is 0. The van der Waals surface area contributed by atoms with E-state index in [1.54, 1.807) is 10.6 Å². The second kappa shape index (κ2) is 6.26. The van der Waals surface area contributed by atoms with E-state index in [0.717, 1.165) is 44.5 Å². The number of amides is 2. The molecule has 1 saturated carbocycles. The van der Waals surface area contributed by atoms with Gasteiger partial charge in [-0.05, 0) is 43.9 Å². The Morgan fingerprint density at radius 1 is 1.17 bits per heavy atom. The third-order valence-electron chi connectivity index (χ3n) is 5.01. The molecule has 24 heavy (non-hydrogen) atoms. The van der Waals surface area contributed by atoms with Gasteiger partial charge in [0.05, 0.1) is 10.9 Å². The van der Waals surface area contributed by atoms with Crippen molar-refractivity contribution in [3.8, 4) is 0 Å². The number of hydrogen-bond acceptors (Lipinski definition) is 3. The van der Waals surface area contributed by atoms with Crippen LogP contribution in [0.2, 0.25) is 0 Å². The van der Waals surface area contributed by atoms with E-state index in [1.165, 1.54) is 12.8 Å². The number of hydrogen-bond donors (Lipinski definition) is 2. The Kier molecular flexibility index (Phi) is 3.96. The summed E-state index contributed by atoms with van der Waals surface area (Å²) in [4.78, 5) is 29.4. The maximum absolute atomic E-state index is 12.7. The quantitative estimate of drug-likeness (QED) is 0.891. The Morgan fingerprint density at radius 3 is 2.83 bits per heavy atom. The van der Waals surface area contributed by atoms with Crippen LogP contribution in [0.4, 0.5) is 10.5 Å². The molecule has 0 atom stereocenters. The van der Waals surface area contributed by atoms with Crippen LogP contribution in [0, 0.1) is 0 Å². The Bertz CT molecular complexity index is 837. The Balaban J connectivity index is 1.59. The summed E-state index contributed by atoms with van der Waals surface area (Å²) in [5, 5.41) is 6.40. The molecule has 0 bridgehead atoms. The standard InChI is InChI=1S/C18H22N4O2/c23-17-14-11-13(20-18(24)19-12-5-1-2-6-12)8-9-15(14)21-16-7-3-4-10-22(16)17/h8-9,11-12H,1-7,10H2,(H2,19,20,24). The smallest absolute Gasteiger partial charge is 0.319 e. The first-order valence-corrected chi connectivity index (χ1v) is 8.82. The number of carbonyl (C=O) groups excluding carboxylic acids is 1. The van der Waals surface area contributed by atoms with Crippen molar-refractivity contribution in [2.24, 2.45) is 0 Å². The average Bonchev–Trinajstić information content (AvgIpc) is 3.08. The van der Waals surface area contributed by atoms with Crippen molar-refractivity contribution < 1.29 is 4.79 Å². The molecule has 2 amide bonds. The van der Waals surface area contributed by atoms with Gasteiger partial charge in [-0.3, -0.25) is 9.36 Å². The van der Waals surface area contributed by atoms with Crippen molar-refractivity contribution >= 4 is 22.6 Å². The van der Waals surface area contributed by atoms with Crippen LogP contribution in [-0.2, 0) is 13.0 Å². The number of aryl methyl sites for hydroxylation is 1. The van der Waals surface area contributed by atoms with Crippen molar-refractivity contribution in [2.75, 3.05) is 5.32 Å². The van der Waals surface area contributed by atoms with E-state index in [-0.39, 0.29) is 17.6 Å². The van der Waals surface area contributed by atoms with Crippen molar-refractivity contribution in [3.05, 3.63) is 34.4 Å². The van der Waals surface area contributed by atoms with Gasteiger partial charge < -0.3 is 10.6 Å². The summed E-state index contributed by atoms with van der Waals surface area (Å²) in [6.07, 6.45) is 7.39. The molecule has 1 aromatic heterocycles. The van der Waals surface area contributed by atoms with E-state index >= 15 is 0 Å². The first-order valence-electron chi connectivity index (χ1n) is 8.82. The fourth-order valence-corrected chi connectivity index (χ4v) is 3.74. The zero-order valence-corrected chi connectivity index (χ0v) is 13.7. The van der Waals surface area contributed by atoms with Crippen LogP contribution in [0.15, 0.2) is 23.0 Å². The molecule has 0 saturated heterocycles. The van der Waals surface area contributed by atoms with E-state index in [0.29, 0.717) is 16.6 Å². The maximum atomic E-state index is 12.7. The highest BCUT2D eigenvalue weighted by molar-refractivity contribution is 5.92. The lowest BCUT2D eigenvalue weighted by Gasteiger charge is -2.18. The number of nitrogens with one attached hydrogen (secondary N) is 2. The Hall–Kier alpha value is -2.37. The second-order valence-corrected chi connectivity index (χ2v) is 6.75. The molecule has 0 unspecified atom stereocenters. The molecule has 2 aliphatic rings. The van der Waals surface area contributed by atoms with Crippen molar-refractivity contribution in [1.29, 1.82) is 0 Å². The Labute approximate surface area is 140 Å². The van der Waals surface area contributed by atoms with Crippen LogP contribution in [0.1, 0.15) is 44.3 Å². The van der Waals surface area contributed by atoms with Crippen LogP contribution in [0.25, 0.3) is 10.9 Å². The van der Waals surface area contributed by atoms with Crippen LogP contribution in [-0.4, -0.2) is 21.6 Å². The number of fused-ring (bicyclic) bond motifs is 2. The van der Waals surface area contributed by atoms with Gasteiger partial charge >= 0.3 is 6.03 Å². The van der Waals surface area contributed by atoms with E-state index in [2.05, 4.69) is 15.6 Å². The van der Waals surface area contributed by atoms with E-state index in [4.69, 9.17) is 0 Å². The topological polar surface area (TPSA) is 76.0 Å². The zero-order valence-electron chi connectivity index (χ0n) is 13.7. The highest BCUT2D eigenvalue weighted by atomic mass is 16.2. The number of benzene rings is 1. The number of carbonyl (C=O) groups is 1. The molecular formula is C18H22N4O2. The predicted molar refractivity (Wildman–Crippen MR) is 93.4 cm³/mol. The highest BCUT2D eigenvalue weighted by Gasteiger charge is 2.18. The number of nitrogens with zero attached hydrogens (tertiary/aromatic N) is 2. The molecule has 1 aliphatic heterocycles. The molecule has 2 aromatic rings. The normalized spacial score (nSPS) is 17.7. The lowest BCUT2D eigenvalue weighted by atomic mass is 10.1. The molecule has 1 aliphatic carbocycles. The molecule has 2 heterocycles. The molecule has 4 rings (SSSR count). The van der Waals surface area contributed by atoms with Crippen LogP contribution in [0.5, 0.6) is 0 Å². The zero-order chi connectivity index (χ0) is 16.5. The number of anilines is 1. The van der Waals surface area contributed by atoms with Gasteiger partial charge in [-0.15, -0.1) is 0 Å². The molecular weight excluding hydrogens is 304 g/mol. The molecule has 0 spiro atoms. The minimum absolute atomic E-state index is 0.00505. The summed E-state index contributed by atoms with van der Waals surface area (Å²) < 4.78 is 1.77. The third kappa shape index (κ3) is 2.88. The third-order valence-corrected chi connectivity index (χ3v) is 5.01. The summed E-state index contributed by atoms with van der Waals surface area (Å²) in [5.41, 5.74) is 1.33. The minimum Gasteiger partial charge on any atom is -0.335 e. The number of aromatic nitrogens is 2. The molecule has 0 radical (unpaired) electrons. The van der Waals surface area contributed by atoms with Gasteiger partial charge in [0.2, 0.25) is 0 Å². The SMILES string of the molecule is O=C(Nc1ccc2nc3n(c(=O)c2c1)CCCC3)NC1CCCC1. The lowest BCUT2D eigenvalue weighted by molar-refractivity contribution is 0.248. The monoisotopic (exact) mass is 326 g/mol. The average molecular weight is 326 g/mol. The van der Waals surface area contributed by atoms with E-state index in [1.807, 2.05) is 12.1 Å². The number of urea groups is 1. The van der Waals surface area contributed by atoms with E-state index < -0.39 is 0 Å². The first kappa shape index (κ1) is 15.2. The van der Waals surface area contributed by atoms with Gasteiger partial charge in [0, 0.05) is 24.7 Å². The molecule has 2 N–H and O–H groups in total. The molecule has 126 valence electrons. The largest absolute Gasteiger partial charge is 0.335 e. The lowest BCUT2D eigenvalue weighted by Crippen LogP contribution is -2.36.